The van der Waals surface area contributed by atoms with Crippen molar-refractivity contribution in [2.75, 3.05) is 11.5 Å². The van der Waals surface area contributed by atoms with E-state index in [0.29, 0.717) is 0 Å². The van der Waals surface area contributed by atoms with Crippen LogP contribution in [-0.4, -0.2) is 17.0 Å². The fraction of sp³-hybridized carbons (Fsp3) is 1.00. The second-order valence-electron chi connectivity index (χ2n) is 2.94. The predicted octanol–water partition coefficient (Wildman–Crippen LogP) is 1.87. The lowest BCUT2D eigenvalue weighted by Crippen LogP contribution is -2.32. The molecule has 0 heterocycles. The van der Waals surface area contributed by atoms with E-state index in [2.05, 4.69) is 20.8 Å². The normalized spacial score (nSPS) is 12.0. The maximum Gasteiger partial charge on any atom is 0.0105 e. The molecule has 56 valence electrons. The Morgan fingerprint density at radius 3 is 2.33 bits per heavy atom. The van der Waals surface area contributed by atoms with Gasteiger partial charge in [-0.25, -0.2) is 0 Å². The summed E-state index contributed by atoms with van der Waals surface area (Å²) in [6.45, 7) is 6.32. The molecule has 0 atom stereocenters. The maximum absolute atomic E-state index is 5.76. The SMILES string of the molecule is CCSCCC(C)(C)N. The van der Waals surface area contributed by atoms with Crippen LogP contribution in [0.3, 0.4) is 0 Å². The average molecular weight is 147 g/mol. The molecule has 0 rings (SSSR count). The van der Waals surface area contributed by atoms with Crippen molar-refractivity contribution in [3.8, 4) is 0 Å². The molecule has 9 heavy (non-hydrogen) atoms. The molecule has 0 spiro atoms. The first kappa shape index (κ1) is 9.31. The van der Waals surface area contributed by atoms with Crippen molar-refractivity contribution in [2.45, 2.75) is 32.7 Å². The second-order valence-corrected chi connectivity index (χ2v) is 4.33. The largest absolute Gasteiger partial charge is 0.326 e. The molecule has 2 N–H and O–H groups in total. The molecule has 0 amide bonds. The lowest BCUT2D eigenvalue weighted by atomic mass is 10.0. The van der Waals surface area contributed by atoms with Crippen molar-refractivity contribution >= 4 is 11.8 Å². The van der Waals surface area contributed by atoms with Crippen LogP contribution in [0.15, 0.2) is 0 Å². The van der Waals surface area contributed by atoms with Crippen molar-refractivity contribution in [2.24, 2.45) is 5.73 Å². The van der Waals surface area contributed by atoms with Crippen LogP contribution in [0.4, 0.5) is 0 Å². The first-order valence-corrected chi connectivity index (χ1v) is 4.58. The van der Waals surface area contributed by atoms with Crippen LogP contribution < -0.4 is 5.73 Å². The van der Waals surface area contributed by atoms with Gasteiger partial charge >= 0.3 is 0 Å². The van der Waals surface area contributed by atoms with Gasteiger partial charge in [-0.05, 0) is 31.8 Å². The Morgan fingerprint density at radius 2 is 2.00 bits per heavy atom. The van der Waals surface area contributed by atoms with Crippen LogP contribution in [0.2, 0.25) is 0 Å². The number of nitrogens with two attached hydrogens (primary N) is 1. The lowest BCUT2D eigenvalue weighted by molar-refractivity contribution is 0.506. The van der Waals surface area contributed by atoms with E-state index in [0.717, 1.165) is 6.42 Å². The molecular weight excluding hydrogens is 130 g/mol. The molecule has 0 radical (unpaired) electrons. The molecule has 0 saturated heterocycles. The van der Waals surface area contributed by atoms with E-state index in [-0.39, 0.29) is 5.54 Å². The minimum absolute atomic E-state index is 0.0299. The van der Waals surface area contributed by atoms with Gasteiger partial charge in [0.15, 0.2) is 0 Å². The van der Waals surface area contributed by atoms with E-state index in [1.54, 1.807) is 0 Å². The summed E-state index contributed by atoms with van der Waals surface area (Å²) in [5, 5.41) is 0. The summed E-state index contributed by atoms with van der Waals surface area (Å²) in [6, 6.07) is 0. The van der Waals surface area contributed by atoms with E-state index < -0.39 is 0 Å². The van der Waals surface area contributed by atoms with Gasteiger partial charge in [-0.1, -0.05) is 6.92 Å². The summed E-state index contributed by atoms with van der Waals surface area (Å²) in [7, 11) is 0. The Bertz CT molecular complexity index is 65.8. The van der Waals surface area contributed by atoms with Crippen LogP contribution in [0, 0.1) is 0 Å². The Hall–Kier alpha value is 0.310. The molecule has 0 aromatic carbocycles. The van der Waals surface area contributed by atoms with E-state index >= 15 is 0 Å². The highest BCUT2D eigenvalue weighted by atomic mass is 32.2. The van der Waals surface area contributed by atoms with Gasteiger partial charge in [0, 0.05) is 5.54 Å². The molecule has 0 aliphatic rings. The lowest BCUT2D eigenvalue weighted by Gasteiger charge is -2.16. The number of rotatable bonds is 4. The van der Waals surface area contributed by atoms with Gasteiger partial charge in [-0.2, -0.15) is 11.8 Å². The molecule has 2 heteroatoms. The van der Waals surface area contributed by atoms with Crippen LogP contribution in [0.5, 0.6) is 0 Å². The monoisotopic (exact) mass is 147 g/mol. The standard InChI is InChI=1S/C7H17NS/c1-4-9-6-5-7(2,3)8/h4-6,8H2,1-3H3. The molecule has 0 aliphatic carbocycles. The highest BCUT2D eigenvalue weighted by Gasteiger charge is 2.08. The minimum atomic E-state index is 0.0299. The fourth-order valence-corrected chi connectivity index (χ4v) is 1.44. The molecule has 0 aromatic rings. The summed E-state index contributed by atoms with van der Waals surface area (Å²) in [5.74, 6) is 2.40. The van der Waals surface area contributed by atoms with Gasteiger partial charge in [0.05, 0.1) is 0 Å². The zero-order chi connectivity index (χ0) is 7.33. The highest BCUT2D eigenvalue weighted by Crippen LogP contribution is 2.09. The van der Waals surface area contributed by atoms with Crippen LogP contribution >= 0.6 is 11.8 Å². The van der Waals surface area contributed by atoms with E-state index in [4.69, 9.17) is 5.73 Å². The van der Waals surface area contributed by atoms with Crippen molar-refractivity contribution in [1.82, 2.24) is 0 Å². The van der Waals surface area contributed by atoms with E-state index in [1.165, 1.54) is 11.5 Å². The Kier molecular flexibility index (Phi) is 4.32. The average Bonchev–Trinajstić information content (AvgIpc) is 1.63. The summed E-state index contributed by atoms with van der Waals surface area (Å²) in [6.07, 6.45) is 1.12. The van der Waals surface area contributed by atoms with Crippen molar-refractivity contribution in [3.63, 3.8) is 0 Å². The quantitative estimate of drug-likeness (QED) is 0.614. The third kappa shape index (κ3) is 8.31. The Labute approximate surface area is 62.4 Å². The molecule has 0 aromatic heterocycles. The summed E-state index contributed by atoms with van der Waals surface area (Å²) in [4.78, 5) is 0. The molecular formula is C7H17NS. The third-order valence-corrected chi connectivity index (χ3v) is 2.00. The summed E-state index contributed by atoms with van der Waals surface area (Å²) < 4.78 is 0. The molecule has 0 bridgehead atoms. The van der Waals surface area contributed by atoms with Crippen LogP contribution in [-0.2, 0) is 0 Å². The molecule has 1 nitrogen and oxygen atoms in total. The molecule has 0 saturated carbocycles. The Balaban J connectivity index is 3.07. The third-order valence-electron chi connectivity index (χ3n) is 1.09. The van der Waals surface area contributed by atoms with E-state index in [1.807, 2.05) is 11.8 Å². The molecule has 0 fully saturated rings. The molecule has 0 aliphatic heterocycles. The van der Waals surface area contributed by atoms with Gasteiger partial charge in [-0.3, -0.25) is 0 Å². The first-order valence-electron chi connectivity index (χ1n) is 3.43. The number of hydrogen-bond donors (Lipinski definition) is 1. The van der Waals surface area contributed by atoms with Gasteiger partial charge in [0.2, 0.25) is 0 Å². The number of thioether (sulfide) groups is 1. The van der Waals surface area contributed by atoms with Crippen molar-refractivity contribution in [3.05, 3.63) is 0 Å². The van der Waals surface area contributed by atoms with Gasteiger partial charge in [0.1, 0.15) is 0 Å². The van der Waals surface area contributed by atoms with Crippen molar-refractivity contribution < 1.29 is 0 Å². The van der Waals surface area contributed by atoms with Gasteiger partial charge in [-0.15, -0.1) is 0 Å². The minimum Gasteiger partial charge on any atom is -0.326 e. The second kappa shape index (κ2) is 4.18. The smallest absolute Gasteiger partial charge is 0.0105 e. The summed E-state index contributed by atoms with van der Waals surface area (Å²) in [5.41, 5.74) is 5.79. The molecule has 0 unspecified atom stereocenters. The van der Waals surface area contributed by atoms with E-state index in [9.17, 15) is 0 Å². The topological polar surface area (TPSA) is 26.0 Å². The van der Waals surface area contributed by atoms with Gasteiger partial charge in [0.25, 0.3) is 0 Å². The maximum atomic E-state index is 5.76. The Morgan fingerprint density at radius 1 is 1.44 bits per heavy atom. The zero-order valence-corrected chi connectivity index (χ0v) is 7.42. The van der Waals surface area contributed by atoms with Gasteiger partial charge < -0.3 is 5.73 Å². The van der Waals surface area contributed by atoms with Crippen molar-refractivity contribution in [1.29, 1.82) is 0 Å². The number of hydrogen-bond acceptors (Lipinski definition) is 2. The van der Waals surface area contributed by atoms with Crippen LogP contribution in [0.1, 0.15) is 27.2 Å². The zero-order valence-electron chi connectivity index (χ0n) is 6.61. The highest BCUT2D eigenvalue weighted by molar-refractivity contribution is 7.99. The fourth-order valence-electron chi connectivity index (χ4n) is 0.480. The predicted molar refractivity (Wildman–Crippen MR) is 45.9 cm³/mol. The first-order chi connectivity index (χ1) is 4.06. The van der Waals surface area contributed by atoms with Crippen LogP contribution in [0.25, 0.3) is 0 Å². The summed E-state index contributed by atoms with van der Waals surface area (Å²) >= 11 is 1.95.